The maximum absolute atomic E-state index is 15.6. The van der Waals surface area contributed by atoms with Gasteiger partial charge in [-0.25, -0.2) is 23.4 Å². The number of amides is 1. The fourth-order valence-electron chi connectivity index (χ4n) is 5.69. The third kappa shape index (κ3) is 6.19. The Kier molecular flexibility index (Phi) is 7.92. The van der Waals surface area contributed by atoms with Crippen molar-refractivity contribution < 1.29 is 22.7 Å². The molecule has 3 heterocycles. The number of rotatable bonds is 8. The van der Waals surface area contributed by atoms with Crippen LogP contribution in [0.1, 0.15) is 45.6 Å². The van der Waals surface area contributed by atoms with Gasteiger partial charge in [-0.15, -0.1) is 0 Å². The predicted octanol–water partition coefficient (Wildman–Crippen LogP) is 5.43. The first kappa shape index (κ1) is 30.1. The summed E-state index contributed by atoms with van der Waals surface area (Å²) in [5.74, 6) is -3.73. The number of aromatic nitrogens is 4. The normalized spacial score (nSPS) is 17.4. The highest BCUT2D eigenvalue weighted by Gasteiger charge is 2.33. The van der Waals surface area contributed by atoms with Gasteiger partial charge in [-0.2, -0.15) is 14.8 Å². The number of likely N-dealkylation sites (tertiary alicyclic amines) is 1. The van der Waals surface area contributed by atoms with Gasteiger partial charge in [-0.05, 0) is 69.9 Å². The largest absolute Gasteiger partial charge is 0.454 e. The summed E-state index contributed by atoms with van der Waals surface area (Å²) >= 11 is 0. The van der Waals surface area contributed by atoms with Gasteiger partial charge in [0.25, 0.3) is 5.91 Å². The Morgan fingerprint density at radius 3 is 2.69 bits per heavy atom. The van der Waals surface area contributed by atoms with Crippen LogP contribution in [0.3, 0.4) is 0 Å². The Labute approximate surface area is 257 Å². The molecule has 2 aromatic carbocycles. The Morgan fingerprint density at radius 2 is 1.96 bits per heavy atom. The lowest BCUT2D eigenvalue weighted by atomic mass is 9.99. The number of nitrogens with one attached hydrogen (secondary N) is 1. The molecule has 6 rings (SSSR count). The maximum Gasteiger partial charge on any atom is 0.264 e. The number of hydrogen-bond acceptors (Lipinski definition) is 8. The SMILES string of the molecule is CC(C)(C=C(C#N)C(=O)N1CCC[C@H](n2nc(-c3ccc(Oc4cccc(F)c4F)cc3F)c3c(N)ncnc32)C1)NC1CC1. The first-order valence-corrected chi connectivity index (χ1v) is 14.6. The lowest BCUT2D eigenvalue weighted by Gasteiger charge is -2.33. The number of halogens is 3. The van der Waals surface area contributed by atoms with Crippen LogP contribution in [0, 0.1) is 28.8 Å². The molecule has 2 fully saturated rings. The zero-order valence-electron chi connectivity index (χ0n) is 24.7. The predicted molar refractivity (Wildman–Crippen MR) is 160 cm³/mol. The number of benzene rings is 2. The van der Waals surface area contributed by atoms with Crippen molar-refractivity contribution in [3.8, 4) is 28.8 Å². The molecule has 45 heavy (non-hydrogen) atoms. The van der Waals surface area contributed by atoms with E-state index in [1.807, 2.05) is 13.8 Å². The van der Waals surface area contributed by atoms with Crippen LogP contribution in [-0.4, -0.2) is 55.2 Å². The van der Waals surface area contributed by atoms with E-state index in [2.05, 4.69) is 21.4 Å². The molecule has 2 aliphatic rings. The molecule has 232 valence electrons. The van der Waals surface area contributed by atoms with Crippen molar-refractivity contribution in [2.75, 3.05) is 18.8 Å². The molecule has 1 saturated heterocycles. The second-order valence-corrected chi connectivity index (χ2v) is 11.9. The number of carbonyl (C=O) groups excluding carboxylic acids is 1. The summed E-state index contributed by atoms with van der Waals surface area (Å²) in [5, 5.41) is 18.4. The fraction of sp³-hybridized carbons (Fsp3) is 0.344. The zero-order chi connectivity index (χ0) is 31.9. The van der Waals surface area contributed by atoms with Gasteiger partial charge < -0.3 is 20.7 Å². The summed E-state index contributed by atoms with van der Waals surface area (Å²) in [6, 6.07) is 9.45. The topological polar surface area (TPSA) is 135 Å². The van der Waals surface area contributed by atoms with E-state index in [1.165, 1.54) is 30.6 Å². The highest BCUT2D eigenvalue weighted by molar-refractivity contribution is 5.99. The number of piperidine rings is 1. The summed E-state index contributed by atoms with van der Waals surface area (Å²) < 4.78 is 50.3. The molecule has 1 amide bonds. The molecule has 1 atom stereocenters. The van der Waals surface area contributed by atoms with Crippen molar-refractivity contribution in [2.45, 2.75) is 57.2 Å². The standard InChI is InChI=1S/C32H31F3N8O2/c1-32(2,40-19-8-9-19)14-18(15-36)31(44)42-12-4-5-20(16-42)43-30-26(29(37)38-17-39-30)28(41-43)22-11-10-21(13-24(22)34)45-25-7-3-6-23(33)27(25)35/h3,6-7,10-11,13-14,17,19-20,40H,4-5,8-9,12,16H2,1-2H3,(H2,37,38,39)/t20-/m0/s1. The monoisotopic (exact) mass is 616 g/mol. The van der Waals surface area contributed by atoms with E-state index in [9.17, 15) is 18.8 Å². The van der Waals surface area contributed by atoms with Crippen LogP contribution >= 0.6 is 0 Å². The van der Waals surface area contributed by atoms with Gasteiger partial charge >= 0.3 is 0 Å². The van der Waals surface area contributed by atoms with Gasteiger partial charge in [0, 0.05) is 36.3 Å². The quantitative estimate of drug-likeness (QED) is 0.198. The summed E-state index contributed by atoms with van der Waals surface area (Å²) in [6.45, 7) is 4.60. The molecule has 1 aliphatic carbocycles. The molecule has 10 nitrogen and oxygen atoms in total. The molecular weight excluding hydrogens is 585 g/mol. The Hall–Kier alpha value is -4.96. The highest BCUT2D eigenvalue weighted by Crippen LogP contribution is 2.37. The van der Waals surface area contributed by atoms with Gasteiger partial charge in [0.2, 0.25) is 5.82 Å². The van der Waals surface area contributed by atoms with E-state index < -0.39 is 23.0 Å². The smallest absolute Gasteiger partial charge is 0.264 e. The summed E-state index contributed by atoms with van der Waals surface area (Å²) in [7, 11) is 0. The number of carbonyl (C=O) groups is 1. The molecule has 0 bridgehead atoms. The number of nitrogens with two attached hydrogens (primary N) is 1. The van der Waals surface area contributed by atoms with Crippen LogP contribution < -0.4 is 15.8 Å². The van der Waals surface area contributed by atoms with Gasteiger partial charge in [0.1, 0.15) is 41.0 Å². The van der Waals surface area contributed by atoms with E-state index in [-0.39, 0.29) is 52.6 Å². The van der Waals surface area contributed by atoms with Crippen LogP contribution in [0.5, 0.6) is 11.5 Å². The van der Waals surface area contributed by atoms with E-state index in [0.717, 1.165) is 25.0 Å². The minimum absolute atomic E-state index is 0.0491. The molecule has 2 aromatic heterocycles. The average Bonchev–Trinajstić information content (AvgIpc) is 3.73. The van der Waals surface area contributed by atoms with E-state index in [4.69, 9.17) is 15.6 Å². The number of nitriles is 1. The van der Waals surface area contributed by atoms with Crippen molar-refractivity contribution in [1.29, 1.82) is 5.26 Å². The number of fused-ring (bicyclic) bond motifs is 1. The van der Waals surface area contributed by atoms with Crippen molar-refractivity contribution >= 4 is 22.8 Å². The fourth-order valence-corrected chi connectivity index (χ4v) is 5.69. The molecular formula is C32H31F3N8O2. The van der Waals surface area contributed by atoms with Crippen LogP contribution in [0.25, 0.3) is 22.3 Å². The molecule has 0 radical (unpaired) electrons. The van der Waals surface area contributed by atoms with Gasteiger partial charge in [-0.3, -0.25) is 4.79 Å². The van der Waals surface area contributed by atoms with Crippen LogP contribution in [0.15, 0.2) is 54.4 Å². The van der Waals surface area contributed by atoms with Crippen molar-refractivity contribution in [3.05, 3.63) is 71.8 Å². The zero-order valence-corrected chi connectivity index (χ0v) is 24.7. The first-order chi connectivity index (χ1) is 21.5. The molecule has 1 saturated carbocycles. The molecule has 0 unspecified atom stereocenters. The van der Waals surface area contributed by atoms with Gasteiger partial charge in [-0.1, -0.05) is 6.07 Å². The van der Waals surface area contributed by atoms with E-state index in [1.54, 1.807) is 15.7 Å². The van der Waals surface area contributed by atoms with Gasteiger partial charge in [0.15, 0.2) is 17.2 Å². The molecule has 1 aliphatic heterocycles. The summed E-state index contributed by atoms with van der Waals surface area (Å²) in [4.78, 5) is 23.6. The highest BCUT2D eigenvalue weighted by atomic mass is 19.2. The van der Waals surface area contributed by atoms with Crippen LogP contribution in [0.2, 0.25) is 0 Å². The number of nitrogen functional groups attached to an aromatic ring is 1. The summed E-state index contributed by atoms with van der Waals surface area (Å²) in [5.41, 5.74) is 6.39. The molecule has 3 N–H and O–H groups in total. The minimum Gasteiger partial charge on any atom is -0.454 e. The van der Waals surface area contributed by atoms with Crippen molar-refractivity contribution in [1.82, 2.24) is 30.0 Å². The average molecular weight is 617 g/mol. The third-order valence-corrected chi connectivity index (χ3v) is 7.90. The molecule has 0 spiro atoms. The Bertz CT molecular complexity index is 1860. The van der Waals surface area contributed by atoms with E-state index >= 15 is 4.39 Å². The lowest BCUT2D eigenvalue weighted by molar-refractivity contribution is -0.128. The first-order valence-electron chi connectivity index (χ1n) is 14.6. The van der Waals surface area contributed by atoms with Crippen LogP contribution in [0.4, 0.5) is 19.0 Å². The molecule has 4 aromatic rings. The maximum atomic E-state index is 15.6. The molecule has 13 heteroatoms. The Balaban J connectivity index is 1.29. The lowest BCUT2D eigenvalue weighted by Crippen LogP contribution is -2.43. The summed E-state index contributed by atoms with van der Waals surface area (Å²) in [6.07, 6.45) is 6.42. The third-order valence-electron chi connectivity index (χ3n) is 7.90. The number of ether oxygens (including phenoxy) is 1. The van der Waals surface area contributed by atoms with Crippen molar-refractivity contribution in [2.24, 2.45) is 0 Å². The number of nitrogens with zero attached hydrogens (tertiary/aromatic N) is 6. The number of anilines is 1. The second kappa shape index (κ2) is 11.9. The van der Waals surface area contributed by atoms with E-state index in [0.29, 0.717) is 36.5 Å². The Morgan fingerprint density at radius 1 is 1.16 bits per heavy atom. The number of hydrogen-bond donors (Lipinski definition) is 2. The van der Waals surface area contributed by atoms with Crippen LogP contribution in [-0.2, 0) is 4.79 Å². The second-order valence-electron chi connectivity index (χ2n) is 11.9. The minimum atomic E-state index is -1.19. The van der Waals surface area contributed by atoms with Gasteiger partial charge in [0.05, 0.1) is 11.4 Å². The van der Waals surface area contributed by atoms with Crippen molar-refractivity contribution in [3.63, 3.8) is 0 Å².